The molecule has 2 bridgehead atoms. The van der Waals surface area contributed by atoms with Crippen molar-refractivity contribution < 1.29 is 24.2 Å². The molecule has 3 N–H and O–H groups in total. The molecule has 3 heterocycles. The first-order valence-corrected chi connectivity index (χ1v) is 15.3. The van der Waals surface area contributed by atoms with Crippen molar-refractivity contribution in [1.29, 1.82) is 0 Å². The Hall–Kier alpha value is -2.75. The number of carbonyl (C=O) groups excluding carboxylic acids is 3. The normalized spacial score (nSPS) is 32.1. The number of rotatable bonds is 8. The number of aliphatic hydroxyl groups is 1. The lowest BCUT2D eigenvalue weighted by atomic mass is 9.70. The lowest BCUT2D eigenvalue weighted by Crippen LogP contribution is -2.58. The van der Waals surface area contributed by atoms with Gasteiger partial charge in [0, 0.05) is 17.4 Å². The quantitative estimate of drug-likeness (QED) is 0.398. The molecule has 1 spiro atoms. The van der Waals surface area contributed by atoms with E-state index in [2.05, 4.69) is 26.6 Å². The summed E-state index contributed by atoms with van der Waals surface area (Å²) in [6.45, 7) is -0.0137. The average Bonchev–Trinajstić information content (AvgIpc) is 3.57. The zero-order chi connectivity index (χ0) is 27.9. The molecule has 1 aliphatic carbocycles. The van der Waals surface area contributed by atoms with E-state index in [4.69, 9.17) is 4.74 Å². The van der Waals surface area contributed by atoms with E-state index in [1.165, 1.54) is 4.90 Å². The highest BCUT2D eigenvalue weighted by Gasteiger charge is 2.77. The fourth-order valence-electron chi connectivity index (χ4n) is 7.46. The van der Waals surface area contributed by atoms with E-state index in [0.717, 1.165) is 43.2 Å². The van der Waals surface area contributed by atoms with E-state index in [-0.39, 0.29) is 35.2 Å². The molecule has 1 saturated carbocycles. The first kappa shape index (κ1) is 27.4. The Kier molecular flexibility index (Phi) is 7.72. The van der Waals surface area contributed by atoms with Gasteiger partial charge in [-0.15, -0.1) is 0 Å². The Morgan fingerprint density at radius 1 is 1.02 bits per heavy atom. The highest BCUT2D eigenvalue weighted by atomic mass is 79.9. The number of halogens is 1. The standard InChI is InChI=1S/C31H36BrN3O5/c32-22-16-31-25(24(26(22)40-31)28(37)33-17-19-10-4-1-5-11-19)30(39)35(23(18-36)20-12-6-2-7-13-20)27(31)29(38)34-21-14-8-3-9-15-21/h1-2,4-7,10-13,21-27,36H,3,8-9,14-18H2,(H,33,37)(H,34,38)/t22?,23-,24+,25+,26+,27?,31?/m1/s1. The van der Waals surface area contributed by atoms with Crippen LogP contribution in [0.25, 0.3) is 0 Å². The zero-order valence-electron chi connectivity index (χ0n) is 22.4. The van der Waals surface area contributed by atoms with E-state index in [9.17, 15) is 19.5 Å². The van der Waals surface area contributed by atoms with Gasteiger partial charge < -0.3 is 25.4 Å². The second-order valence-electron chi connectivity index (χ2n) is 11.6. The number of nitrogens with zero attached hydrogens (tertiary/aromatic N) is 1. The highest BCUT2D eigenvalue weighted by Crippen LogP contribution is 2.61. The van der Waals surface area contributed by atoms with Crippen LogP contribution in [0.3, 0.4) is 0 Å². The molecule has 8 nitrogen and oxygen atoms in total. The first-order chi connectivity index (χ1) is 19.4. The fourth-order valence-corrected chi connectivity index (χ4v) is 8.40. The van der Waals surface area contributed by atoms with Crippen molar-refractivity contribution in [2.75, 3.05) is 6.61 Å². The van der Waals surface area contributed by atoms with Crippen LogP contribution >= 0.6 is 15.9 Å². The van der Waals surface area contributed by atoms with Gasteiger partial charge in [0.2, 0.25) is 17.7 Å². The van der Waals surface area contributed by atoms with Crippen molar-refractivity contribution >= 4 is 33.7 Å². The third-order valence-corrected chi connectivity index (χ3v) is 10.1. The minimum Gasteiger partial charge on any atom is -0.394 e. The van der Waals surface area contributed by atoms with Crippen molar-refractivity contribution in [1.82, 2.24) is 15.5 Å². The molecular formula is C31H36BrN3O5. The molecule has 40 heavy (non-hydrogen) atoms. The molecule has 4 aliphatic rings. The second kappa shape index (κ2) is 11.3. The van der Waals surface area contributed by atoms with Crippen LogP contribution in [0.4, 0.5) is 0 Å². The van der Waals surface area contributed by atoms with Gasteiger partial charge in [-0.25, -0.2) is 0 Å². The molecule has 0 aromatic heterocycles. The maximum atomic E-state index is 14.4. The van der Waals surface area contributed by atoms with Gasteiger partial charge in [-0.3, -0.25) is 14.4 Å². The Labute approximate surface area is 243 Å². The predicted molar refractivity (Wildman–Crippen MR) is 152 cm³/mol. The summed E-state index contributed by atoms with van der Waals surface area (Å²) in [4.78, 5) is 43.6. The van der Waals surface area contributed by atoms with Crippen molar-refractivity contribution in [3.05, 3.63) is 71.8 Å². The van der Waals surface area contributed by atoms with Gasteiger partial charge >= 0.3 is 0 Å². The van der Waals surface area contributed by atoms with Crippen LogP contribution in [0.5, 0.6) is 0 Å². The minimum atomic E-state index is -1.16. The maximum Gasteiger partial charge on any atom is 0.246 e. The van der Waals surface area contributed by atoms with Gasteiger partial charge in [0.25, 0.3) is 0 Å². The second-order valence-corrected chi connectivity index (χ2v) is 12.7. The van der Waals surface area contributed by atoms with Gasteiger partial charge in [0.05, 0.1) is 30.6 Å². The van der Waals surface area contributed by atoms with Crippen LogP contribution in [-0.4, -0.2) is 63.0 Å². The molecule has 3 saturated heterocycles. The van der Waals surface area contributed by atoms with E-state index in [1.54, 1.807) is 0 Å². The van der Waals surface area contributed by atoms with Crippen LogP contribution in [0, 0.1) is 11.8 Å². The molecule has 6 rings (SSSR count). The van der Waals surface area contributed by atoms with Crippen molar-refractivity contribution in [3.63, 3.8) is 0 Å². The van der Waals surface area contributed by atoms with E-state index >= 15 is 0 Å². The number of aliphatic hydroxyl groups excluding tert-OH is 1. The number of hydrogen-bond acceptors (Lipinski definition) is 5. The molecule has 3 unspecified atom stereocenters. The summed E-state index contributed by atoms with van der Waals surface area (Å²) >= 11 is 3.73. The van der Waals surface area contributed by atoms with Crippen LogP contribution in [0.2, 0.25) is 0 Å². The number of ether oxygens (including phenoxy) is 1. The third kappa shape index (κ3) is 4.65. The summed E-state index contributed by atoms with van der Waals surface area (Å²) in [6.07, 6.45) is 4.98. The van der Waals surface area contributed by atoms with Crippen LogP contribution < -0.4 is 10.6 Å². The smallest absolute Gasteiger partial charge is 0.246 e. The van der Waals surface area contributed by atoms with Crippen molar-refractivity contribution in [2.24, 2.45) is 11.8 Å². The summed E-state index contributed by atoms with van der Waals surface area (Å²) in [5.41, 5.74) is 0.532. The molecule has 212 valence electrons. The average molecular weight is 611 g/mol. The number of fused-ring (bicyclic) bond motifs is 1. The molecule has 2 aromatic carbocycles. The number of amides is 3. The summed E-state index contributed by atoms with van der Waals surface area (Å²) in [6, 6.07) is 17.3. The highest BCUT2D eigenvalue weighted by molar-refractivity contribution is 9.09. The van der Waals surface area contributed by atoms with Crippen molar-refractivity contribution in [2.45, 2.75) is 79.7 Å². The number of hydrogen-bond donors (Lipinski definition) is 3. The van der Waals surface area contributed by atoms with E-state index < -0.39 is 35.6 Å². The molecule has 4 fully saturated rings. The Bertz CT molecular complexity index is 1240. The predicted octanol–water partition coefficient (Wildman–Crippen LogP) is 3.23. The fraction of sp³-hybridized carbons (Fsp3) is 0.516. The lowest BCUT2D eigenvalue weighted by Gasteiger charge is -2.38. The van der Waals surface area contributed by atoms with Gasteiger partial charge in [-0.2, -0.15) is 0 Å². The topological polar surface area (TPSA) is 108 Å². The Balaban J connectivity index is 1.35. The largest absolute Gasteiger partial charge is 0.394 e. The van der Waals surface area contributed by atoms with Crippen LogP contribution in [0.15, 0.2) is 60.7 Å². The van der Waals surface area contributed by atoms with Gasteiger partial charge in [0.1, 0.15) is 11.6 Å². The first-order valence-electron chi connectivity index (χ1n) is 14.4. The van der Waals surface area contributed by atoms with E-state index in [0.29, 0.717) is 13.0 Å². The van der Waals surface area contributed by atoms with Crippen LogP contribution in [-0.2, 0) is 25.7 Å². The van der Waals surface area contributed by atoms with E-state index in [1.807, 2.05) is 60.7 Å². The monoisotopic (exact) mass is 609 g/mol. The molecule has 7 atom stereocenters. The van der Waals surface area contributed by atoms with Crippen molar-refractivity contribution in [3.8, 4) is 0 Å². The number of likely N-dealkylation sites (tertiary alicyclic amines) is 1. The number of benzene rings is 2. The summed E-state index contributed by atoms with van der Waals surface area (Å²) < 4.78 is 6.62. The number of alkyl halides is 1. The molecule has 3 amide bonds. The van der Waals surface area contributed by atoms with Crippen LogP contribution in [0.1, 0.15) is 55.7 Å². The van der Waals surface area contributed by atoms with Gasteiger partial charge in [-0.1, -0.05) is 95.9 Å². The Morgan fingerprint density at radius 2 is 1.70 bits per heavy atom. The molecular weight excluding hydrogens is 574 g/mol. The minimum absolute atomic E-state index is 0.0429. The molecule has 9 heteroatoms. The zero-order valence-corrected chi connectivity index (χ0v) is 24.0. The summed E-state index contributed by atoms with van der Waals surface area (Å²) in [5.74, 6) is -2.40. The molecule has 2 aromatic rings. The Morgan fingerprint density at radius 3 is 2.38 bits per heavy atom. The number of carbonyl (C=O) groups is 3. The SMILES string of the molecule is O=C(NC1CCCCC1)C1N([C@H](CO)c2ccccc2)C(=O)[C@@H]2[C@H](C(=O)NCc3ccccc3)[C@H]3OC12CC3Br. The lowest BCUT2D eigenvalue weighted by molar-refractivity contribution is -0.146. The maximum absolute atomic E-state index is 14.4. The summed E-state index contributed by atoms with van der Waals surface area (Å²) in [7, 11) is 0. The molecule has 3 aliphatic heterocycles. The van der Waals surface area contributed by atoms with Gasteiger partial charge in [0.15, 0.2) is 0 Å². The molecule has 0 radical (unpaired) electrons. The summed E-state index contributed by atoms with van der Waals surface area (Å²) in [5, 5.41) is 16.8. The number of nitrogens with one attached hydrogen (secondary N) is 2. The van der Waals surface area contributed by atoms with Gasteiger partial charge in [-0.05, 0) is 30.4 Å². The third-order valence-electron chi connectivity index (χ3n) is 9.23.